The first-order valence-corrected chi connectivity index (χ1v) is 11.4. The lowest BCUT2D eigenvalue weighted by molar-refractivity contribution is -0.116. The monoisotopic (exact) mass is 446 g/mol. The number of ether oxygens (including phenoxy) is 2. The van der Waals surface area contributed by atoms with Gasteiger partial charge in [-0.3, -0.25) is 4.79 Å². The number of benzene rings is 2. The van der Waals surface area contributed by atoms with Gasteiger partial charge in [-0.1, -0.05) is 0 Å². The zero-order valence-electron chi connectivity index (χ0n) is 17.6. The molecule has 9 heteroatoms. The highest BCUT2D eigenvalue weighted by molar-refractivity contribution is 7.89. The van der Waals surface area contributed by atoms with Crippen LogP contribution in [0.1, 0.15) is 35.2 Å². The van der Waals surface area contributed by atoms with E-state index in [1.165, 1.54) is 18.5 Å². The maximum atomic E-state index is 12.8. The van der Waals surface area contributed by atoms with Crippen molar-refractivity contribution in [3.8, 4) is 5.75 Å². The molecule has 0 atom stereocenters. The molecule has 1 N–H and O–H groups in total. The topological polar surface area (TPSA) is 102 Å². The number of anilines is 1. The third-order valence-corrected chi connectivity index (χ3v) is 7.06. The van der Waals surface area contributed by atoms with Crippen LogP contribution in [0.2, 0.25) is 0 Å². The Kier molecular flexibility index (Phi) is 7.29. The number of hydrogen-bond donors (Lipinski definition) is 1. The maximum Gasteiger partial charge on any atom is 0.337 e. The van der Waals surface area contributed by atoms with Crippen molar-refractivity contribution in [3.05, 3.63) is 53.6 Å². The molecule has 8 nitrogen and oxygen atoms in total. The van der Waals surface area contributed by atoms with E-state index in [0.29, 0.717) is 42.1 Å². The number of nitrogens with zero attached hydrogens (tertiary/aromatic N) is 1. The van der Waals surface area contributed by atoms with E-state index in [1.807, 2.05) is 0 Å². The molecule has 0 spiro atoms. The molecular formula is C22H26N2O6S. The van der Waals surface area contributed by atoms with E-state index in [4.69, 9.17) is 4.74 Å². The summed E-state index contributed by atoms with van der Waals surface area (Å²) in [6.07, 6.45) is 2.19. The van der Waals surface area contributed by atoms with Crippen molar-refractivity contribution in [2.75, 3.05) is 32.6 Å². The van der Waals surface area contributed by atoms with Gasteiger partial charge in [0.15, 0.2) is 0 Å². The lowest BCUT2D eigenvalue weighted by atomic mass is 10.1. The Balaban J connectivity index is 1.67. The third kappa shape index (κ3) is 5.42. The first kappa shape index (κ1) is 22.8. The Labute approximate surface area is 182 Å². The number of carbonyl (C=O) groups is 2. The number of methoxy groups -OCH3 is 2. The number of sulfonamides is 1. The Bertz CT molecular complexity index is 1040. The number of rotatable bonds is 8. The van der Waals surface area contributed by atoms with Crippen molar-refractivity contribution in [3.63, 3.8) is 0 Å². The molecule has 31 heavy (non-hydrogen) atoms. The van der Waals surface area contributed by atoms with Gasteiger partial charge < -0.3 is 14.8 Å². The molecule has 2 aromatic carbocycles. The van der Waals surface area contributed by atoms with E-state index in [0.717, 1.165) is 12.8 Å². The fourth-order valence-electron chi connectivity index (χ4n) is 3.47. The van der Waals surface area contributed by atoms with Crippen LogP contribution in [-0.2, 0) is 26.0 Å². The number of amides is 1. The molecule has 166 valence electrons. The summed E-state index contributed by atoms with van der Waals surface area (Å²) >= 11 is 0. The van der Waals surface area contributed by atoms with Gasteiger partial charge in [-0.05, 0) is 67.3 Å². The smallest absolute Gasteiger partial charge is 0.337 e. The molecule has 1 amide bonds. The quantitative estimate of drug-likeness (QED) is 0.626. The van der Waals surface area contributed by atoms with Gasteiger partial charge in [0.05, 0.1) is 24.7 Å². The van der Waals surface area contributed by atoms with E-state index in [1.54, 1.807) is 42.5 Å². The van der Waals surface area contributed by atoms with Gasteiger partial charge in [-0.2, -0.15) is 4.31 Å². The average Bonchev–Trinajstić information content (AvgIpc) is 3.33. The van der Waals surface area contributed by atoms with Crippen LogP contribution < -0.4 is 10.1 Å². The molecule has 3 rings (SSSR count). The summed E-state index contributed by atoms with van der Waals surface area (Å²) < 4.78 is 37.2. The molecule has 0 aromatic heterocycles. The summed E-state index contributed by atoms with van der Waals surface area (Å²) in [5.41, 5.74) is 1.59. The standard InChI is InChI=1S/C22H26N2O6S/c1-29-20-11-10-19(31(27,28)24-13-3-4-14-24)15-17(20)7-12-21(25)23-18-8-5-16(6-9-18)22(26)30-2/h5-6,8-11,15H,3-4,7,12-14H2,1-2H3,(H,23,25). The zero-order chi connectivity index (χ0) is 22.4. The predicted molar refractivity (Wildman–Crippen MR) is 116 cm³/mol. The summed E-state index contributed by atoms with van der Waals surface area (Å²) in [5, 5.41) is 2.77. The van der Waals surface area contributed by atoms with Crippen LogP contribution in [0, 0.1) is 0 Å². The van der Waals surface area contributed by atoms with Crippen molar-refractivity contribution >= 4 is 27.6 Å². The normalized spacial score (nSPS) is 14.3. The SMILES string of the molecule is COC(=O)c1ccc(NC(=O)CCc2cc(S(=O)(=O)N3CCCC3)ccc2OC)cc1. The lowest BCUT2D eigenvalue weighted by Crippen LogP contribution is -2.28. The number of esters is 1. The van der Waals surface area contributed by atoms with Crippen LogP contribution >= 0.6 is 0 Å². The lowest BCUT2D eigenvalue weighted by Gasteiger charge is -2.17. The van der Waals surface area contributed by atoms with Crippen LogP contribution in [0.4, 0.5) is 5.69 Å². The molecule has 1 heterocycles. The van der Waals surface area contributed by atoms with E-state index in [9.17, 15) is 18.0 Å². The molecule has 0 saturated carbocycles. The number of nitrogens with one attached hydrogen (secondary N) is 1. The summed E-state index contributed by atoms with van der Waals surface area (Å²) in [4.78, 5) is 24.1. The van der Waals surface area contributed by atoms with Crippen molar-refractivity contribution < 1.29 is 27.5 Å². The molecule has 0 bridgehead atoms. The van der Waals surface area contributed by atoms with E-state index in [2.05, 4.69) is 10.1 Å². The molecule has 0 radical (unpaired) electrons. The Morgan fingerprint density at radius 1 is 1.03 bits per heavy atom. The Hall–Kier alpha value is -2.91. The fraction of sp³-hybridized carbons (Fsp3) is 0.364. The molecule has 1 fully saturated rings. The fourth-order valence-corrected chi connectivity index (χ4v) is 5.04. The average molecular weight is 447 g/mol. The Morgan fingerprint density at radius 2 is 1.71 bits per heavy atom. The first-order valence-electron chi connectivity index (χ1n) is 10.0. The van der Waals surface area contributed by atoms with Gasteiger partial charge in [0.1, 0.15) is 5.75 Å². The summed E-state index contributed by atoms with van der Waals surface area (Å²) in [5.74, 6) is -0.148. The second-order valence-corrected chi connectivity index (χ2v) is 9.14. The van der Waals surface area contributed by atoms with Crippen LogP contribution in [0.25, 0.3) is 0 Å². The minimum absolute atomic E-state index is 0.141. The number of carbonyl (C=O) groups excluding carboxylic acids is 2. The minimum Gasteiger partial charge on any atom is -0.496 e. The van der Waals surface area contributed by atoms with Gasteiger partial charge in [-0.25, -0.2) is 13.2 Å². The van der Waals surface area contributed by atoms with Crippen molar-refractivity contribution in [2.45, 2.75) is 30.6 Å². The van der Waals surface area contributed by atoms with Gasteiger partial charge in [-0.15, -0.1) is 0 Å². The van der Waals surface area contributed by atoms with Crippen molar-refractivity contribution in [2.24, 2.45) is 0 Å². The molecule has 1 saturated heterocycles. The van der Waals surface area contributed by atoms with Crippen molar-refractivity contribution in [1.29, 1.82) is 0 Å². The Morgan fingerprint density at radius 3 is 2.32 bits per heavy atom. The van der Waals surface area contributed by atoms with E-state index >= 15 is 0 Å². The third-order valence-electron chi connectivity index (χ3n) is 5.17. The largest absolute Gasteiger partial charge is 0.496 e. The van der Waals surface area contributed by atoms with Crippen LogP contribution in [0.5, 0.6) is 5.75 Å². The summed E-state index contributed by atoms with van der Waals surface area (Å²) in [6, 6.07) is 11.1. The van der Waals surface area contributed by atoms with Crippen LogP contribution in [0.3, 0.4) is 0 Å². The highest BCUT2D eigenvalue weighted by atomic mass is 32.2. The molecule has 1 aliphatic heterocycles. The summed E-state index contributed by atoms with van der Waals surface area (Å²) in [6.45, 7) is 1.06. The van der Waals surface area contributed by atoms with E-state index < -0.39 is 16.0 Å². The zero-order valence-corrected chi connectivity index (χ0v) is 18.4. The minimum atomic E-state index is -3.55. The summed E-state index contributed by atoms with van der Waals surface area (Å²) in [7, 11) is -0.734. The maximum absolute atomic E-state index is 12.8. The molecular weight excluding hydrogens is 420 g/mol. The van der Waals surface area contributed by atoms with Crippen LogP contribution in [-0.4, -0.2) is 51.9 Å². The van der Waals surface area contributed by atoms with Crippen LogP contribution in [0.15, 0.2) is 47.4 Å². The predicted octanol–water partition coefficient (Wildman–Crippen LogP) is 2.84. The highest BCUT2D eigenvalue weighted by Crippen LogP contribution is 2.27. The second kappa shape index (κ2) is 9.93. The molecule has 1 aliphatic rings. The molecule has 2 aromatic rings. The second-order valence-electron chi connectivity index (χ2n) is 7.20. The number of aryl methyl sites for hydroxylation is 1. The number of hydrogen-bond acceptors (Lipinski definition) is 6. The van der Waals surface area contributed by atoms with E-state index in [-0.39, 0.29) is 17.2 Å². The van der Waals surface area contributed by atoms with Gasteiger partial charge >= 0.3 is 5.97 Å². The van der Waals surface area contributed by atoms with Gasteiger partial charge in [0.25, 0.3) is 0 Å². The van der Waals surface area contributed by atoms with Gasteiger partial charge in [0.2, 0.25) is 15.9 Å². The van der Waals surface area contributed by atoms with Gasteiger partial charge in [0, 0.05) is 25.2 Å². The first-order chi connectivity index (χ1) is 14.8. The molecule has 0 aliphatic carbocycles. The highest BCUT2D eigenvalue weighted by Gasteiger charge is 2.27. The van der Waals surface area contributed by atoms with Crippen molar-refractivity contribution in [1.82, 2.24) is 4.31 Å². The molecule has 0 unspecified atom stereocenters.